The van der Waals surface area contributed by atoms with Crippen LogP contribution in [0.1, 0.15) is 19.8 Å². The number of amides is 1. The molecule has 1 N–H and O–H groups in total. The quantitative estimate of drug-likeness (QED) is 0.625. The van der Waals surface area contributed by atoms with Crippen LogP contribution in [0.2, 0.25) is 0 Å². The first kappa shape index (κ1) is 24.0. The van der Waals surface area contributed by atoms with Gasteiger partial charge in [-0.1, -0.05) is 0 Å². The third-order valence-electron chi connectivity index (χ3n) is 5.74. The number of rotatable bonds is 7. The number of Topliss-reactive ketones (excluding diaryl/α,β-unsaturated/α-hetero) is 1. The van der Waals surface area contributed by atoms with Crippen molar-refractivity contribution in [1.29, 1.82) is 0 Å². The van der Waals surface area contributed by atoms with Gasteiger partial charge in [0.2, 0.25) is 0 Å². The number of sulfonamides is 1. The van der Waals surface area contributed by atoms with Crippen LogP contribution in [0.5, 0.6) is 0 Å². The molecule has 2 saturated heterocycles. The fourth-order valence-electron chi connectivity index (χ4n) is 3.95. The number of carbonyl (C=O) groups is 2. The highest BCUT2D eigenvalue weighted by molar-refractivity contribution is 7.89. The molecule has 2 aromatic rings. The summed E-state index contributed by atoms with van der Waals surface area (Å²) in [4.78, 5) is 30.5. The predicted octanol–water partition coefficient (Wildman–Crippen LogP) is 1.93. The number of hydrazine groups is 1. The minimum absolute atomic E-state index is 0.0173. The molecule has 0 unspecified atom stereocenters. The number of aromatic nitrogens is 1. The maximum atomic E-state index is 15.1. The van der Waals surface area contributed by atoms with E-state index in [4.69, 9.17) is 4.74 Å². The van der Waals surface area contributed by atoms with Crippen molar-refractivity contribution in [2.24, 2.45) is 0 Å². The van der Waals surface area contributed by atoms with Gasteiger partial charge in [-0.05, 0) is 43.7 Å². The van der Waals surface area contributed by atoms with Crippen molar-refractivity contribution in [2.45, 2.75) is 30.8 Å². The lowest BCUT2D eigenvalue weighted by atomic mass is 10.1. The first-order chi connectivity index (χ1) is 16.3. The number of hydrogen-bond donors (Lipinski definition) is 1. The molecule has 0 radical (unpaired) electrons. The number of nitrogens with zero attached hydrogens (tertiary/aromatic N) is 4. The Bertz CT molecular complexity index is 1160. The molecule has 1 atom stereocenters. The van der Waals surface area contributed by atoms with E-state index < -0.39 is 28.0 Å². The highest BCUT2D eigenvalue weighted by Crippen LogP contribution is 2.29. The summed E-state index contributed by atoms with van der Waals surface area (Å²) in [5.41, 5.74) is 3.56. The van der Waals surface area contributed by atoms with Gasteiger partial charge in [0.05, 0.1) is 17.9 Å². The number of hydrogen-bond acceptors (Lipinski definition) is 8. The zero-order valence-corrected chi connectivity index (χ0v) is 19.5. The molecule has 1 aromatic carbocycles. The zero-order valence-electron chi connectivity index (χ0n) is 18.7. The van der Waals surface area contributed by atoms with Crippen LogP contribution in [0.3, 0.4) is 0 Å². The average molecular weight is 492 g/mol. The first-order valence-corrected chi connectivity index (χ1v) is 12.4. The lowest BCUT2D eigenvalue weighted by Gasteiger charge is -2.24. The molecule has 182 valence electrons. The Morgan fingerprint density at radius 3 is 2.79 bits per heavy atom. The van der Waals surface area contributed by atoms with E-state index in [1.54, 1.807) is 23.1 Å². The largest absolute Gasteiger partial charge is 0.444 e. The average Bonchev–Trinajstić information content (AvgIpc) is 3.02. The van der Waals surface area contributed by atoms with Gasteiger partial charge in [0, 0.05) is 45.0 Å². The van der Waals surface area contributed by atoms with Crippen LogP contribution < -0.4 is 15.2 Å². The predicted molar refractivity (Wildman–Crippen MR) is 122 cm³/mol. The number of ether oxygens (including phenoxy) is 1. The molecule has 1 amide bonds. The Hall–Kier alpha value is -3.09. The smallest absolute Gasteiger partial charge is 0.414 e. The Morgan fingerprint density at radius 2 is 2.09 bits per heavy atom. The van der Waals surface area contributed by atoms with Crippen molar-refractivity contribution >= 4 is 33.3 Å². The number of halogens is 1. The van der Waals surface area contributed by atoms with Gasteiger partial charge >= 0.3 is 6.09 Å². The van der Waals surface area contributed by atoms with Crippen molar-refractivity contribution in [3.63, 3.8) is 0 Å². The van der Waals surface area contributed by atoms with Crippen LogP contribution in [0.15, 0.2) is 47.6 Å². The molecule has 1 aromatic heterocycles. The molecule has 2 aliphatic heterocycles. The minimum Gasteiger partial charge on any atom is -0.444 e. The van der Waals surface area contributed by atoms with Crippen molar-refractivity contribution in [1.82, 2.24) is 14.8 Å². The van der Waals surface area contributed by atoms with E-state index in [1.807, 2.05) is 0 Å². The molecule has 4 rings (SSSR count). The van der Waals surface area contributed by atoms with Crippen molar-refractivity contribution in [2.75, 3.05) is 42.5 Å². The van der Waals surface area contributed by atoms with Gasteiger partial charge in [-0.2, -0.15) is 0 Å². The van der Waals surface area contributed by atoms with Crippen LogP contribution in [0.25, 0.3) is 0 Å². The number of anilines is 2. The number of nitrogens with one attached hydrogen (secondary N) is 1. The Kier molecular flexibility index (Phi) is 7.10. The lowest BCUT2D eigenvalue weighted by Crippen LogP contribution is -2.43. The second-order valence-electron chi connectivity index (χ2n) is 8.15. The Morgan fingerprint density at radius 1 is 1.26 bits per heavy atom. The van der Waals surface area contributed by atoms with Crippen molar-refractivity contribution in [3.05, 3.63) is 48.5 Å². The first-order valence-electron chi connectivity index (χ1n) is 10.9. The van der Waals surface area contributed by atoms with Gasteiger partial charge in [-0.3, -0.25) is 9.88 Å². The zero-order chi connectivity index (χ0) is 24.3. The SMILES string of the molecule is CC(=O)CC[C@H]1CN(c2ccc(N3CCNN(S(=O)(=O)c4cccnc4)CC3)c(F)c2)C(=O)O1. The van der Waals surface area contributed by atoms with Gasteiger partial charge in [0.15, 0.2) is 0 Å². The fraction of sp³-hybridized carbons (Fsp3) is 0.409. The maximum absolute atomic E-state index is 15.1. The molecule has 2 fully saturated rings. The van der Waals surface area contributed by atoms with Crippen LogP contribution in [0, 0.1) is 5.82 Å². The molecule has 0 saturated carbocycles. The number of benzene rings is 1. The standard InChI is InChI=1S/C22H26FN5O5S/c1-16(29)4-6-18-15-27(22(30)33-18)17-5-7-21(20(23)13-17)26-10-9-25-28(12-11-26)34(31,32)19-3-2-8-24-14-19/h2-3,5,7-8,13-14,18,25H,4,6,9-12,15H2,1H3/t18-/m0/s1. The van der Waals surface area contributed by atoms with Gasteiger partial charge in [0.25, 0.3) is 10.0 Å². The van der Waals surface area contributed by atoms with Crippen LogP contribution in [-0.2, 0) is 19.6 Å². The molecule has 0 aliphatic carbocycles. The molecule has 12 heteroatoms. The van der Waals surface area contributed by atoms with Gasteiger partial charge in [-0.25, -0.2) is 23.0 Å². The van der Waals surface area contributed by atoms with Crippen LogP contribution in [0.4, 0.5) is 20.6 Å². The number of pyridine rings is 1. The molecular formula is C22H26FN5O5S. The summed E-state index contributed by atoms with van der Waals surface area (Å²) >= 11 is 0. The van der Waals surface area contributed by atoms with Gasteiger partial charge in [-0.15, -0.1) is 4.41 Å². The fourth-order valence-corrected chi connectivity index (χ4v) is 5.23. The highest BCUT2D eigenvalue weighted by atomic mass is 32.2. The van der Waals surface area contributed by atoms with Gasteiger partial charge < -0.3 is 14.4 Å². The molecule has 3 heterocycles. The number of carbonyl (C=O) groups excluding carboxylic acids is 2. The van der Waals surface area contributed by atoms with E-state index in [0.717, 1.165) is 4.41 Å². The summed E-state index contributed by atoms with van der Waals surface area (Å²) in [7, 11) is -3.78. The molecule has 0 bridgehead atoms. The number of cyclic esters (lactones) is 1. The molecule has 0 spiro atoms. The lowest BCUT2D eigenvalue weighted by molar-refractivity contribution is -0.117. The van der Waals surface area contributed by atoms with Crippen LogP contribution >= 0.6 is 0 Å². The Labute approximate surface area is 197 Å². The number of ketones is 1. The van der Waals surface area contributed by atoms with E-state index in [9.17, 15) is 18.0 Å². The summed E-state index contributed by atoms with van der Waals surface area (Å²) < 4.78 is 47.2. The third kappa shape index (κ3) is 5.18. The van der Waals surface area contributed by atoms with Crippen molar-refractivity contribution in [3.8, 4) is 0 Å². The van der Waals surface area contributed by atoms with E-state index in [1.165, 1.54) is 36.4 Å². The summed E-state index contributed by atoms with van der Waals surface area (Å²) in [5, 5.41) is 0. The van der Waals surface area contributed by atoms with E-state index in [-0.39, 0.29) is 36.9 Å². The van der Waals surface area contributed by atoms with E-state index >= 15 is 4.39 Å². The summed E-state index contributed by atoms with van der Waals surface area (Å²) in [6.07, 6.45) is 2.54. The molecule has 10 nitrogen and oxygen atoms in total. The topological polar surface area (TPSA) is 112 Å². The minimum atomic E-state index is -3.78. The van der Waals surface area contributed by atoms with E-state index in [2.05, 4.69) is 10.4 Å². The van der Waals surface area contributed by atoms with E-state index in [0.29, 0.717) is 30.8 Å². The molecular weight excluding hydrogens is 465 g/mol. The summed E-state index contributed by atoms with van der Waals surface area (Å²) in [5.74, 6) is -0.510. The molecule has 2 aliphatic rings. The normalized spacial score (nSPS) is 19.7. The summed E-state index contributed by atoms with van der Waals surface area (Å²) in [6, 6.07) is 7.50. The van der Waals surface area contributed by atoms with Crippen molar-refractivity contribution < 1.29 is 27.1 Å². The second kappa shape index (κ2) is 10.0. The second-order valence-corrected chi connectivity index (χ2v) is 10.0. The third-order valence-corrected chi connectivity index (χ3v) is 7.47. The summed E-state index contributed by atoms with van der Waals surface area (Å²) in [6.45, 7) is 2.77. The highest BCUT2D eigenvalue weighted by Gasteiger charge is 2.33. The van der Waals surface area contributed by atoms with Gasteiger partial charge in [0.1, 0.15) is 22.6 Å². The monoisotopic (exact) mass is 491 g/mol. The molecule has 34 heavy (non-hydrogen) atoms. The maximum Gasteiger partial charge on any atom is 0.414 e. The Balaban J connectivity index is 1.43. The van der Waals surface area contributed by atoms with Crippen LogP contribution in [-0.4, -0.2) is 68.5 Å².